The summed E-state index contributed by atoms with van der Waals surface area (Å²) in [6, 6.07) is 1.33. The van der Waals surface area contributed by atoms with Crippen LogP contribution in [0.3, 0.4) is 0 Å². The maximum atomic E-state index is 6.49. The lowest BCUT2D eigenvalue weighted by molar-refractivity contribution is 0.382. The van der Waals surface area contributed by atoms with Gasteiger partial charge in [-0.1, -0.05) is 52.9 Å². The predicted octanol–water partition coefficient (Wildman–Crippen LogP) is 4.60. The van der Waals surface area contributed by atoms with Gasteiger partial charge in [0.25, 0.3) is 0 Å². The second-order valence-corrected chi connectivity index (χ2v) is 9.45. The van der Waals surface area contributed by atoms with Crippen LogP contribution in [0, 0.1) is 5.92 Å². The van der Waals surface area contributed by atoms with Crippen LogP contribution in [0.5, 0.6) is 0 Å². The molecule has 0 spiro atoms. The summed E-state index contributed by atoms with van der Waals surface area (Å²) in [5.41, 5.74) is 0. The minimum Gasteiger partial charge on any atom is -0.168 e. The Bertz CT molecular complexity index is 145. The normalized spacial score (nSPS) is 21.0. The highest BCUT2D eigenvalue weighted by atomic mass is 35.6. The van der Waals surface area contributed by atoms with Gasteiger partial charge in [0.05, 0.1) is 0 Å². The molecule has 0 nitrogen and oxygen atoms in total. The summed E-state index contributed by atoms with van der Waals surface area (Å²) in [6.45, 7) is 6.87. The van der Waals surface area contributed by atoms with Crippen molar-refractivity contribution >= 4 is 19.2 Å². The van der Waals surface area contributed by atoms with E-state index in [2.05, 4.69) is 20.8 Å². The van der Waals surface area contributed by atoms with Crippen molar-refractivity contribution in [3.05, 3.63) is 0 Å². The Morgan fingerprint density at radius 2 is 1.69 bits per heavy atom. The Labute approximate surface area is 89.4 Å². The molecule has 0 aliphatic heterocycles. The summed E-state index contributed by atoms with van der Waals surface area (Å²) in [4.78, 5) is 0. The molecule has 0 saturated heterocycles. The van der Waals surface area contributed by atoms with Crippen LogP contribution >= 0.6 is 11.1 Å². The molecule has 0 aromatic heterocycles. The minimum atomic E-state index is -0.632. The molecule has 0 aromatic carbocycles. The van der Waals surface area contributed by atoms with Gasteiger partial charge in [0, 0.05) is 0 Å². The highest BCUT2D eigenvalue weighted by Crippen LogP contribution is 2.37. The molecule has 1 aliphatic rings. The van der Waals surface area contributed by atoms with E-state index in [9.17, 15) is 0 Å². The Morgan fingerprint density at radius 3 is 2.15 bits per heavy atom. The number of hydrogen-bond acceptors (Lipinski definition) is 0. The van der Waals surface area contributed by atoms with Gasteiger partial charge in [0.2, 0.25) is 0 Å². The smallest absolute Gasteiger partial charge is 0.168 e. The molecular weight excluding hydrogens is 196 g/mol. The van der Waals surface area contributed by atoms with Crippen molar-refractivity contribution in [1.82, 2.24) is 0 Å². The van der Waals surface area contributed by atoms with Crippen molar-refractivity contribution in [3.8, 4) is 0 Å². The SMILES string of the molecule is CC(C)(C)[Si](Cl)CC1CCCCC1. The van der Waals surface area contributed by atoms with Gasteiger partial charge in [-0.3, -0.25) is 0 Å². The van der Waals surface area contributed by atoms with Gasteiger partial charge in [0.1, 0.15) is 0 Å². The first-order valence-corrected chi connectivity index (χ1v) is 8.24. The highest BCUT2D eigenvalue weighted by molar-refractivity contribution is 7.08. The van der Waals surface area contributed by atoms with Gasteiger partial charge in [-0.2, -0.15) is 11.1 Å². The van der Waals surface area contributed by atoms with Crippen LogP contribution in [0.25, 0.3) is 0 Å². The van der Waals surface area contributed by atoms with Crippen molar-refractivity contribution < 1.29 is 0 Å². The van der Waals surface area contributed by atoms with Gasteiger partial charge in [-0.25, -0.2) is 0 Å². The molecule has 0 heterocycles. The maximum absolute atomic E-state index is 6.49. The third kappa shape index (κ3) is 4.03. The molecule has 0 N–H and O–H groups in total. The summed E-state index contributed by atoms with van der Waals surface area (Å²) >= 11 is 6.49. The molecule has 1 aliphatic carbocycles. The molecule has 0 atom stereocenters. The second-order valence-electron chi connectivity index (χ2n) is 5.36. The number of hydrogen-bond donors (Lipinski definition) is 0. The maximum Gasteiger partial charge on any atom is 0.171 e. The summed E-state index contributed by atoms with van der Waals surface area (Å²) in [5.74, 6) is 0.958. The zero-order valence-corrected chi connectivity index (χ0v) is 11.0. The molecule has 1 rings (SSSR count). The molecule has 13 heavy (non-hydrogen) atoms. The van der Waals surface area contributed by atoms with Gasteiger partial charge >= 0.3 is 0 Å². The average molecular weight is 218 g/mol. The van der Waals surface area contributed by atoms with Crippen LogP contribution in [0.1, 0.15) is 52.9 Å². The molecule has 77 valence electrons. The first-order valence-electron chi connectivity index (χ1n) is 5.52. The highest BCUT2D eigenvalue weighted by Gasteiger charge is 2.28. The van der Waals surface area contributed by atoms with Gasteiger partial charge in [0.15, 0.2) is 8.11 Å². The number of halogens is 1. The van der Waals surface area contributed by atoms with E-state index >= 15 is 0 Å². The lowest BCUT2D eigenvalue weighted by Crippen LogP contribution is -2.23. The van der Waals surface area contributed by atoms with Crippen molar-refractivity contribution in [2.75, 3.05) is 0 Å². The van der Waals surface area contributed by atoms with E-state index in [-0.39, 0.29) is 0 Å². The third-order valence-electron chi connectivity index (χ3n) is 3.01. The predicted molar refractivity (Wildman–Crippen MR) is 62.7 cm³/mol. The van der Waals surface area contributed by atoms with Crippen LogP contribution in [0.2, 0.25) is 11.1 Å². The van der Waals surface area contributed by atoms with Gasteiger partial charge in [-0.05, 0) is 17.0 Å². The lowest BCUT2D eigenvalue weighted by atomic mass is 9.91. The Balaban J connectivity index is 2.30. The minimum absolute atomic E-state index is 0.379. The van der Waals surface area contributed by atoms with E-state index in [1.54, 1.807) is 0 Å². The zero-order chi connectivity index (χ0) is 9.90. The van der Waals surface area contributed by atoms with E-state index in [0.29, 0.717) is 5.04 Å². The fraction of sp³-hybridized carbons (Fsp3) is 1.00. The zero-order valence-electron chi connectivity index (χ0n) is 9.20. The van der Waals surface area contributed by atoms with E-state index in [0.717, 1.165) is 5.92 Å². The van der Waals surface area contributed by atoms with Crippen LogP contribution in [0.15, 0.2) is 0 Å². The monoisotopic (exact) mass is 217 g/mol. The van der Waals surface area contributed by atoms with E-state index < -0.39 is 8.11 Å². The van der Waals surface area contributed by atoms with Crippen molar-refractivity contribution in [3.63, 3.8) is 0 Å². The summed E-state index contributed by atoms with van der Waals surface area (Å²) in [7, 11) is -0.632. The lowest BCUT2D eigenvalue weighted by Gasteiger charge is -2.28. The molecule has 1 radical (unpaired) electrons. The molecule has 0 unspecified atom stereocenters. The van der Waals surface area contributed by atoms with E-state index in [4.69, 9.17) is 11.1 Å². The Hall–Kier alpha value is 0.507. The summed E-state index contributed by atoms with van der Waals surface area (Å²) < 4.78 is 0. The first kappa shape index (κ1) is 11.6. The molecule has 0 bridgehead atoms. The Morgan fingerprint density at radius 1 is 1.15 bits per heavy atom. The van der Waals surface area contributed by atoms with Crippen LogP contribution in [0.4, 0.5) is 0 Å². The Kier molecular flexibility index (Phi) is 4.31. The fourth-order valence-corrected chi connectivity index (χ4v) is 4.13. The van der Waals surface area contributed by atoms with Crippen molar-refractivity contribution in [1.29, 1.82) is 0 Å². The van der Waals surface area contributed by atoms with Crippen LogP contribution in [-0.4, -0.2) is 8.11 Å². The quantitative estimate of drug-likeness (QED) is 0.469. The van der Waals surface area contributed by atoms with Crippen molar-refractivity contribution in [2.45, 2.75) is 64.0 Å². The first-order chi connectivity index (χ1) is 6.00. The van der Waals surface area contributed by atoms with Gasteiger partial charge in [-0.15, -0.1) is 0 Å². The van der Waals surface area contributed by atoms with Gasteiger partial charge < -0.3 is 0 Å². The van der Waals surface area contributed by atoms with E-state index in [1.165, 1.54) is 38.1 Å². The van der Waals surface area contributed by atoms with Crippen LogP contribution in [-0.2, 0) is 0 Å². The fourth-order valence-electron chi connectivity index (χ4n) is 1.95. The molecule has 1 fully saturated rings. The standard InChI is InChI=1S/C11H22ClSi/c1-11(2,3)13(12)9-10-7-5-4-6-8-10/h10H,4-9H2,1-3H3. The summed E-state index contributed by atoms with van der Waals surface area (Å²) in [5, 5.41) is 0.379. The van der Waals surface area contributed by atoms with Crippen molar-refractivity contribution in [2.24, 2.45) is 5.92 Å². The molecule has 0 amide bonds. The third-order valence-corrected chi connectivity index (χ3v) is 7.73. The largest absolute Gasteiger partial charge is 0.171 e. The topological polar surface area (TPSA) is 0 Å². The number of rotatable bonds is 2. The molecule has 1 saturated carbocycles. The average Bonchev–Trinajstić information content (AvgIpc) is 2.04. The molecule has 0 aromatic rings. The molecule has 2 heteroatoms. The van der Waals surface area contributed by atoms with Crippen LogP contribution < -0.4 is 0 Å². The summed E-state index contributed by atoms with van der Waals surface area (Å²) in [6.07, 6.45) is 7.23. The van der Waals surface area contributed by atoms with E-state index in [1.807, 2.05) is 0 Å². The molecular formula is C11H22ClSi. The second kappa shape index (κ2) is 4.84.